The average Bonchev–Trinajstić information content (AvgIpc) is 2.84. The van der Waals surface area contributed by atoms with Gasteiger partial charge in [-0.3, -0.25) is 4.68 Å². The molecule has 1 aromatic heterocycles. The average molecular weight is 242 g/mol. The molecule has 0 amide bonds. The molecular formula is C11H18N2O2S. The molecule has 2 heterocycles. The number of methoxy groups -OCH3 is 1. The Morgan fingerprint density at radius 1 is 1.75 bits per heavy atom. The van der Waals surface area contributed by atoms with Crippen LogP contribution in [-0.2, 0) is 12.1 Å². The van der Waals surface area contributed by atoms with Crippen LogP contribution in [0.1, 0.15) is 26.0 Å². The summed E-state index contributed by atoms with van der Waals surface area (Å²) in [5, 5.41) is 15.2. The highest BCUT2D eigenvalue weighted by molar-refractivity contribution is 8.00. The highest BCUT2D eigenvalue weighted by Gasteiger charge is 2.45. The number of ether oxygens (including phenoxy) is 1. The second kappa shape index (κ2) is 4.30. The Bertz CT molecular complexity index is 359. The fraction of sp³-hybridized carbons (Fsp3) is 0.727. The van der Waals surface area contributed by atoms with E-state index in [0.29, 0.717) is 5.75 Å². The first-order valence-electron chi connectivity index (χ1n) is 5.57. The third kappa shape index (κ3) is 1.62. The molecule has 0 spiro atoms. The highest BCUT2D eigenvalue weighted by Crippen LogP contribution is 2.45. The number of hydrogen-bond donors (Lipinski definition) is 1. The van der Waals surface area contributed by atoms with Gasteiger partial charge < -0.3 is 9.84 Å². The molecule has 2 rings (SSSR count). The van der Waals surface area contributed by atoms with Crippen molar-refractivity contribution in [3.63, 3.8) is 0 Å². The fourth-order valence-electron chi connectivity index (χ4n) is 2.24. The summed E-state index contributed by atoms with van der Waals surface area (Å²) in [4.78, 5) is 0. The Morgan fingerprint density at radius 2 is 2.50 bits per heavy atom. The van der Waals surface area contributed by atoms with Gasteiger partial charge in [0.2, 0.25) is 0 Å². The first kappa shape index (κ1) is 11.8. The van der Waals surface area contributed by atoms with Gasteiger partial charge in [-0.1, -0.05) is 6.92 Å². The van der Waals surface area contributed by atoms with Gasteiger partial charge in [0.25, 0.3) is 0 Å². The van der Waals surface area contributed by atoms with Gasteiger partial charge in [-0.15, -0.1) is 0 Å². The number of aliphatic hydroxyl groups is 1. The van der Waals surface area contributed by atoms with Crippen LogP contribution in [0.3, 0.4) is 0 Å². The Balaban J connectivity index is 2.48. The summed E-state index contributed by atoms with van der Waals surface area (Å²) < 4.78 is 7.14. The van der Waals surface area contributed by atoms with Crippen LogP contribution in [0, 0.1) is 0 Å². The summed E-state index contributed by atoms with van der Waals surface area (Å²) in [7, 11) is 1.62. The summed E-state index contributed by atoms with van der Waals surface area (Å²) >= 11 is 1.79. The van der Waals surface area contributed by atoms with Crippen LogP contribution in [0.2, 0.25) is 0 Å². The summed E-state index contributed by atoms with van der Waals surface area (Å²) in [6.07, 6.45) is 2.45. The van der Waals surface area contributed by atoms with Crippen molar-refractivity contribution < 1.29 is 9.84 Å². The number of thioether (sulfide) groups is 1. The van der Waals surface area contributed by atoms with Crippen molar-refractivity contribution in [2.45, 2.75) is 37.7 Å². The molecule has 0 bridgehead atoms. The lowest BCUT2D eigenvalue weighted by atomic mass is 9.92. The minimum Gasteiger partial charge on any atom is -0.493 e. The zero-order chi connectivity index (χ0) is 11.8. The maximum Gasteiger partial charge on any atom is 0.162 e. The number of aromatic nitrogens is 2. The first-order valence-corrected chi connectivity index (χ1v) is 6.62. The molecule has 1 saturated heterocycles. The van der Waals surface area contributed by atoms with Gasteiger partial charge in [0.15, 0.2) is 5.75 Å². The van der Waals surface area contributed by atoms with Crippen LogP contribution in [-0.4, -0.2) is 33.0 Å². The van der Waals surface area contributed by atoms with Crippen LogP contribution in [0.5, 0.6) is 5.75 Å². The van der Waals surface area contributed by atoms with Crippen LogP contribution in [0.15, 0.2) is 6.20 Å². The van der Waals surface area contributed by atoms with E-state index in [1.807, 2.05) is 11.6 Å². The highest BCUT2D eigenvalue weighted by atomic mass is 32.2. The van der Waals surface area contributed by atoms with Crippen molar-refractivity contribution in [2.24, 2.45) is 0 Å². The van der Waals surface area contributed by atoms with E-state index in [9.17, 15) is 5.11 Å². The summed E-state index contributed by atoms with van der Waals surface area (Å²) in [6.45, 7) is 4.83. The maximum atomic E-state index is 10.8. The van der Waals surface area contributed by atoms with E-state index >= 15 is 0 Å². The first-order chi connectivity index (χ1) is 7.63. The monoisotopic (exact) mass is 242 g/mol. The predicted molar refractivity (Wildman–Crippen MR) is 64.9 cm³/mol. The summed E-state index contributed by atoms with van der Waals surface area (Å²) in [5.41, 5.74) is 0.0256. The zero-order valence-electron chi connectivity index (χ0n) is 9.93. The van der Waals surface area contributed by atoms with Gasteiger partial charge in [0.1, 0.15) is 11.3 Å². The molecule has 2 atom stereocenters. The van der Waals surface area contributed by atoms with Crippen molar-refractivity contribution in [2.75, 3.05) is 12.9 Å². The molecule has 1 fully saturated rings. The van der Waals surface area contributed by atoms with E-state index in [1.165, 1.54) is 0 Å². The lowest BCUT2D eigenvalue weighted by Crippen LogP contribution is -2.34. The SMILES string of the molecule is CCn1ncc(OC)c1C1(O)CCSC1C. The summed E-state index contributed by atoms with van der Waals surface area (Å²) in [5.74, 6) is 1.68. The molecule has 0 aliphatic carbocycles. The van der Waals surface area contributed by atoms with E-state index in [-0.39, 0.29) is 5.25 Å². The van der Waals surface area contributed by atoms with Crippen molar-refractivity contribution in [1.82, 2.24) is 9.78 Å². The van der Waals surface area contributed by atoms with Crippen molar-refractivity contribution >= 4 is 11.8 Å². The standard InChI is InChI=1S/C11H18N2O2S/c1-4-13-10(9(15-3)7-12-13)11(14)5-6-16-8(11)2/h7-8,14H,4-6H2,1-3H3. The third-order valence-corrected chi connectivity index (χ3v) is 4.59. The Morgan fingerprint density at radius 3 is 3.00 bits per heavy atom. The number of aryl methyl sites for hydroxylation is 1. The molecule has 16 heavy (non-hydrogen) atoms. The molecular weight excluding hydrogens is 224 g/mol. The van der Waals surface area contributed by atoms with Gasteiger partial charge in [-0.25, -0.2) is 0 Å². The molecule has 1 aliphatic rings. The minimum absolute atomic E-state index is 0.184. The van der Waals surface area contributed by atoms with E-state index < -0.39 is 5.60 Å². The lowest BCUT2D eigenvalue weighted by molar-refractivity contribution is 0.0310. The quantitative estimate of drug-likeness (QED) is 0.875. The van der Waals surface area contributed by atoms with E-state index in [2.05, 4.69) is 12.0 Å². The van der Waals surface area contributed by atoms with Crippen LogP contribution in [0.4, 0.5) is 0 Å². The predicted octanol–water partition coefficient (Wildman–Crippen LogP) is 1.62. The van der Waals surface area contributed by atoms with Crippen molar-refractivity contribution in [3.8, 4) is 5.75 Å². The Hall–Kier alpha value is -0.680. The molecule has 0 saturated carbocycles. The normalized spacial score (nSPS) is 29.6. The molecule has 0 radical (unpaired) electrons. The molecule has 2 unspecified atom stereocenters. The third-order valence-electron chi connectivity index (χ3n) is 3.26. The van der Waals surface area contributed by atoms with E-state index in [1.54, 1.807) is 25.1 Å². The minimum atomic E-state index is -0.803. The fourth-order valence-corrected chi connectivity index (χ4v) is 3.53. The maximum absolute atomic E-state index is 10.8. The largest absolute Gasteiger partial charge is 0.493 e. The second-order valence-electron chi connectivity index (χ2n) is 4.06. The van der Waals surface area contributed by atoms with Crippen molar-refractivity contribution in [1.29, 1.82) is 0 Å². The van der Waals surface area contributed by atoms with Crippen LogP contribution in [0.25, 0.3) is 0 Å². The van der Waals surface area contributed by atoms with Crippen LogP contribution >= 0.6 is 11.8 Å². The molecule has 90 valence electrons. The van der Waals surface area contributed by atoms with Gasteiger partial charge in [0.05, 0.1) is 13.3 Å². The molecule has 5 heteroatoms. The van der Waals surface area contributed by atoms with Gasteiger partial charge in [-0.2, -0.15) is 16.9 Å². The second-order valence-corrected chi connectivity index (χ2v) is 5.51. The number of rotatable bonds is 3. The molecule has 0 aromatic carbocycles. The molecule has 4 nitrogen and oxygen atoms in total. The molecule has 1 aliphatic heterocycles. The molecule has 1 aromatic rings. The van der Waals surface area contributed by atoms with Crippen molar-refractivity contribution in [3.05, 3.63) is 11.9 Å². The van der Waals surface area contributed by atoms with E-state index in [4.69, 9.17) is 4.74 Å². The Labute approximate surface area is 100.0 Å². The lowest BCUT2D eigenvalue weighted by Gasteiger charge is -2.28. The van der Waals surface area contributed by atoms with E-state index in [0.717, 1.165) is 24.4 Å². The molecule has 1 N–H and O–H groups in total. The van der Waals surface area contributed by atoms with Crippen LogP contribution < -0.4 is 4.74 Å². The number of hydrogen-bond acceptors (Lipinski definition) is 4. The van der Waals surface area contributed by atoms with Gasteiger partial charge >= 0.3 is 0 Å². The van der Waals surface area contributed by atoms with Gasteiger partial charge in [0, 0.05) is 11.8 Å². The summed E-state index contributed by atoms with van der Waals surface area (Å²) in [6, 6.07) is 0. The Kier molecular flexibility index (Phi) is 3.17. The zero-order valence-corrected chi connectivity index (χ0v) is 10.8. The topological polar surface area (TPSA) is 47.3 Å². The smallest absolute Gasteiger partial charge is 0.162 e. The van der Waals surface area contributed by atoms with Gasteiger partial charge in [-0.05, 0) is 19.1 Å². The number of nitrogens with zero attached hydrogens (tertiary/aromatic N) is 2.